The van der Waals surface area contributed by atoms with Gasteiger partial charge in [-0.3, -0.25) is 0 Å². The molecule has 0 aliphatic heterocycles. The highest BCUT2D eigenvalue weighted by molar-refractivity contribution is 6.34. The fraction of sp³-hybridized carbons (Fsp3) is 0.0526. The fourth-order valence-corrected chi connectivity index (χ4v) is 3.09. The average Bonchev–Trinajstić information content (AvgIpc) is 3.06. The maximum absolute atomic E-state index is 12.2. The lowest BCUT2D eigenvalue weighted by Gasteiger charge is -2.11. The Balaban J connectivity index is 1.49. The minimum absolute atomic E-state index is 0.277. The maximum atomic E-state index is 12.2. The lowest BCUT2D eigenvalue weighted by molar-refractivity contribution is 0.262. The van der Waals surface area contributed by atoms with Gasteiger partial charge in [0.1, 0.15) is 22.7 Å². The van der Waals surface area contributed by atoms with Gasteiger partial charge in [0.2, 0.25) is 5.88 Å². The molecule has 1 aromatic carbocycles. The van der Waals surface area contributed by atoms with Gasteiger partial charge in [0.15, 0.2) is 0 Å². The van der Waals surface area contributed by atoms with Gasteiger partial charge in [-0.1, -0.05) is 23.2 Å². The number of nitrogens with zero attached hydrogens (tertiary/aromatic N) is 4. The van der Waals surface area contributed by atoms with Crippen LogP contribution in [0.15, 0.2) is 55.1 Å². The third kappa shape index (κ3) is 4.23. The molecule has 4 rings (SSSR count). The lowest BCUT2D eigenvalue weighted by Crippen LogP contribution is -2.19. The zero-order chi connectivity index (χ0) is 20.4. The number of benzene rings is 1. The molecule has 0 radical (unpaired) electrons. The van der Waals surface area contributed by atoms with Crippen molar-refractivity contribution in [2.75, 3.05) is 10.6 Å². The molecule has 3 heterocycles. The van der Waals surface area contributed by atoms with Gasteiger partial charge in [-0.15, -0.1) is 0 Å². The number of fused-ring (bicyclic) bond motifs is 1. The number of carbonyl (C=O) groups is 1. The summed E-state index contributed by atoms with van der Waals surface area (Å²) in [5.74, 6) is 0.884. The zero-order valence-corrected chi connectivity index (χ0v) is 16.6. The summed E-state index contributed by atoms with van der Waals surface area (Å²) in [7, 11) is 1.88. The summed E-state index contributed by atoms with van der Waals surface area (Å²) in [5, 5.41) is 5.91. The Morgan fingerprint density at radius 3 is 2.72 bits per heavy atom. The number of urea groups is 1. The summed E-state index contributed by atoms with van der Waals surface area (Å²) in [6.07, 6.45) is 4.81. The van der Waals surface area contributed by atoms with Crippen molar-refractivity contribution in [2.45, 2.75) is 0 Å². The molecule has 146 valence electrons. The molecule has 8 nitrogen and oxygen atoms in total. The van der Waals surface area contributed by atoms with Crippen molar-refractivity contribution < 1.29 is 9.53 Å². The Morgan fingerprint density at radius 2 is 1.93 bits per heavy atom. The fourth-order valence-electron chi connectivity index (χ4n) is 2.70. The number of aromatic nitrogens is 4. The van der Waals surface area contributed by atoms with Gasteiger partial charge in [-0.05, 0) is 30.3 Å². The van der Waals surface area contributed by atoms with Crippen molar-refractivity contribution in [3.63, 3.8) is 0 Å². The van der Waals surface area contributed by atoms with Crippen molar-refractivity contribution in [2.24, 2.45) is 7.05 Å². The van der Waals surface area contributed by atoms with Crippen LogP contribution < -0.4 is 15.4 Å². The van der Waals surface area contributed by atoms with E-state index in [2.05, 4.69) is 25.6 Å². The van der Waals surface area contributed by atoms with Gasteiger partial charge >= 0.3 is 6.03 Å². The van der Waals surface area contributed by atoms with E-state index in [1.54, 1.807) is 24.3 Å². The van der Waals surface area contributed by atoms with E-state index in [0.29, 0.717) is 28.0 Å². The number of nitrogens with one attached hydrogen (secondary N) is 2. The third-order valence-electron chi connectivity index (χ3n) is 4.01. The van der Waals surface area contributed by atoms with Gasteiger partial charge in [-0.2, -0.15) is 4.98 Å². The van der Waals surface area contributed by atoms with Crippen molar-refractivity contribution >= 4 is 51.6 Å². The van der Waals surface area contributed by atoms with E-state index in [1.165, 1.54) is 18.6 Å². The van der Waals surface area contributed by atoms with E-state index in [-0.39, 0.29) is 5.15 Å². The van der Waals surface area contributed by atoms with Gasteiger partial charge in [0.05, 0.1) is 16.2 Å². The first kappa shape index (κ1) is 19.0. The maximum Gasteiger partial charge on any atom is 0.323 e. The zero-order valence-electron chi connectivity index (χ0n) is 15.1. The van der Waals surface area contributed by atoms with Crippen LogP contribution in [0.5, 0.6) is 11.6 Å². The molecule has 0 bridgehead atoms. The second-order valence-electron chi connectivity index (χ2n) is 6.03. The van der Waals surface area contributed by atoms with Crippen LogP contribution in [0, 0.1) is 0 Å². The summed E-state index contributed by atoms with van der Waals surface area (Å²) in [6, 6.07) is 9.48. The van der Waals surface area contributed by atoms with Gasteiger partial charge < -0.3 is 19.9 Å². The highest BCUT2D eigenvalue weighted by atomic mass is 35.5. The first-order valence-corrected chi connectivity index (χ1v) is 9.18. The number of aryl methyl sites for hydroxylation is 1. The molecule has 0 saturated carbocycles. The Bertz CT molecular complexity index is 1210. The minimum atomic E-state index is -0.468. The van der Waals surface area contributed by atoms with Crippen molar-refractivity contribution in [3.8, 4) is 11.6 Å². The van der Waals surface area contributed by atoms with Crippen LogP contribution in [-0.2, 0) is 7.05 Å². The van der Waals surface area contributed by atoms with E-state index in [1.807, 2.05) is 23.9 Å². The number of carbonyl (C=O) groups excluding carboxylic acids is 1. The van der Waals surface area contributed by atoms with Crippen LogP contribution in [-0.4, -0.2) is 25.6 Å². The number of hydrogen-bond donors (Lipinski definition) is 2. The molecule has 0 unspecified atom stereocenters. The summed E-state index contributed by atoms with van der Waals surface area (Å²) in [4.78, 5) is 24.4. The second-order valence-corrected chi connectivity index (χ2v) is 6.82. The van der Waals surface area contributed by atoms with E-state index in [4.69, 9.17) is 27.9 Å². The molecular weight excluding hydrogens is 415 g/mol. The molecule has 2 amide bonds. The van der Waals surface area contributed by atoms with Crippen molar-refractivity contribution in [3.05, 3.63) is 65.3 Å². The van der Waals surface area contributed by atoms with E-state index < -0.39 is 6.03 Å². The molecule has 29 heavy (non-hydrogen) atoms. The molecule has 0 fully saturated rings. The SMILES string of the molecule is Cn1ccc2ncnc(Oc3ccc(NC(=O)Nc4ccnc(Cl)c4)c(Cl)c3)c21. The van der Waals surface area contributed by atoms with Crippen molar-refractivity contribution in [1.29, 1.82) is 0 Å². The monoisotopic (exact) mass is 428 g/mol. The second kappa shape index (κ2) is 7.94. The van der Waals surface area contributed by atoms with Crippen LogP contribution in [0.2, 0.25) is 10.2 Å². The summed E-state index contributed by atoms with van der Waals surface area (Å²) >= 11 is 12.1. The normalized spacial score (nSPS) is 10.7. The molecule has 3 aromatic heterocycles. The van der Waals surface area contributed by atoms with Crippen LogP contribution in [0.1, 0.15) is 0 Å². The average molecular weight is 429 g/mol. The molecule has 0 saturated heterocycles. The van der Waals surface area contributed by atoms with Crippen LogP contribution in [0.3, 0.4) is 0 Å². The minimum Gasteiger partial charge on any atom is -0.437 e. The molecular formula is C19H14Cl2N6O2. The van der Waals surface area contributed by atoms with E-state index in [9.17, 15) is 4.79 Å². The summed E-state index contributed by atoms with van der Waals surface area (Å²) < 4.78 is 7.75. The van der Waals surface area contributed by atoms with Crippen LogP contribution >= 0.6 is 23.2 Å². The largest absolute Gasteiger partial charge is 0.437 e. The van der Waals surface area contributed by atoms with E-state index in [0.717, 1.165) is 11.0 Å². The third-order valence-corrected chi connectivity index (χ3v) is 4.53. The van der Waals surface area contributed by atoms with Gasteiger partial charge in [-0.25, -0.2) is 14.8 Å². The number of amides is 2. The Morgan fingerprint density at radius 1 is 1.07 bits per heavy atom. The first-order chi connectivity index (χ1) is 14.0. The van der Waals surface area contributed by atoms with Gasteiger partial charge in [0.25, 0.3) is 0 Å². The smallest absolute Gasteiger partial charge is 0.323 e. The molecule has 4 aromatic rings. The predicted octanol–water partition coefficient (Wildman–Crippen LogP) is 5.11. The number of ether oxygens (including phenoxy) is 1. The van der Waals surface area contributed by atoms with Crippen molar-refractivity contribution in [1.82, 2.24) is 19.5 Å². The number of halogens is 2. The summed E-state index contributed by atoms with van der Waals surface area (Å²) in [5.41, 5.74) is 2.47. The Hall–Kier alpha value is -3.36. The Labute approximate surface area is 175 Å². The molecule has 0 aliphatic carbocycles. The molecule has 2 N–H and O–H groups in total. The predicted molar refractivity (Wildman–Crippen MR) is 112 cm³/mol. The molecule has 0 spiro atoms. The van der Waals surface area contributed by atoms with Gasteiger partial charge in [0, 0.05) is 31.2 Å². The topological polar surface area (TPSA) is 94.0 Å². The number of anilines is 2. The standard InChI is InChI=1S/C19H14Cl2N6O2/c1-27-7-5-15-17(27)18(24-10-23-15)29-12-2-3-14(13(20)9-12)26-19(28)25-11-4-6-22-16(21)8-11/h2-10H,1H3,(H2,22,25,26,28). The quantitative estimate of drug-likeness (QED) is 0.440. The lowest BCUT2D eigenvalue weighted by atomic mass is 10.3. The number of pyridine rings is 1. The highest BCUT2D eigenvalue weighted by Crippen LogP contribution is 2.31. The Kier molecular flexibility index (Phi) is 5.20. The molecule has 0 atom stereocenters. The first-order valence-electron chi connectivity index (χ1n) is 8.42. The molecule has 10 heteroatoms. The molecule has 0 aliphatic rings. The highest BCUT2D eigenvalue weighted by Gasteiger charge is 2.12. The number of rotatable bonds is 4. The van der Waals surface area contributed by atoms with Crippen LogP contribution in [0.4, 0.5) is 16.2 Å². The van der Waals surface area contributed by atoms with Crippen LogP contribution in [0.25, 0.3) is 11.0 Å². The van der Waals surface area contributed by atoms with E-state index >= 15 is 0 Å². The summed E-state index contributed by atoms with van der Waals surface area (Å²) in [6.45, 7) is 0. The number of hydrogen-bond acceptors (Lipinski definition) is 5.